The van der Waals surface area contributed by atoms with Crippen LogP contribution in [0, 0.1) is 46.3 Å². The number of nitrogens with zero attached hydrogens (tertiary/aromatic N) is 1. The predicted octanol–water partition coefficient (Wildman–Crippen LogP) is 6.60. The van der Waals surface area contributed by atoms with Crippen molar-refractivity contribution in [2.24, 2.45) is 46.3 Å². The fourth-order valence-corrected chi connectivity index (χ4v) is 9.74. The van der Waals surface area contributed by atoms with Gasteiger partial charge in [-0.05, 0) is 117 Å². The third-order valence-electron chi connectivity index (χ3n) is 11.7. The number of likely N-dealkylation sites (tertiary alicyclic amines) is 1. The molecule has 0 spiro atoms. The third kappa shape index (κ3) is 4.13. The normalized spacial score (nSPS) is 46.1. The number of aliphatic hydroxyl groups is 1. The fraction of sp³-hybridized carbons (Fsp3) is 0.900. The van der Waals surface area contributed by atoms with E-state index in [4.69, 9.17) is 0 Å². The second-order valence-electron chi connectivity index (χ2n) is 13.5. The molecule has 0 radical (unpaired) electrons. The molecule has 9 atom stereocenters. The Hall–Kier alpha value is -0.830. The zero-order valence-electron chi connectivity index (χ0n) is 21.8. The number of carbonyl (C=O) groups is 1. The van der Waals surface area contributed by atoms with Crippen LogP contribution in [0.2, 0.25) is 0 Å². The summed E-state index contributed by atoms with van der Waals surface area (Å²) < 4.78 is 0. The van der Waals surface area contributed by atoms with Crippen molar-refractivity contribution in [3.8, 4) is 0 Å². The van der Waals surface area contributed by atoms with Crippen LogP contribution in [0.15, 0.2) is 11.6 Å². The molecule has 4 fully saturated rings. The minimum Gasteiger partial charge on any atom is -0.393 e. The number of hydrogen-bond acceptors (Lipinski definition) is 2. The summed E-state index contributed by atoms with van der Waals surface area (Å²) in [4.78, 5) is 15.1. The van der Waals surface area contributed by atoms with Gasteiger partial charge in [0.25, 0.3) is 0 Å². The molecule has 1 heterocycles. The van der Waals surface area contributed by atoms with Gasteiger partial charge in [0.15, 0.2) is 0 Å². The van der Waals surface area contributed by atoms with E-state index >= 15 is 0 Å². The van der Waals surface area contributed by atoms with Gasteiger partial charge in [-0.25, -0.2) is 0 Å². The lowest BCUT2D eigenvalue weighted by atomic mass is 9.47. The van der Waals surface area contributed by atoms with Crippen LogP contribution < -0.4 is 0 Å². The molecule has 0 aromatic carbocycles. The van der Waals surface area contributed by atoms with Gasteiger partial charge in [-0.15, -0.1) is 0 Å². The number of allylic oxidation sites excluding steroid dienone is 1. The van der Waals surface area contributed by atoms with Crippen molar-refractivity contribution in [1.29, 1.82) is 0 Å². The van der Waals surface area contributed by atoms with Crippen LogP contribution in [0.25, 0.3) is 0 Å². The van der Waals surface area contributed by atoms with E-state index in [0.717, 1.165) is 62.4 Å². The van der Waals surface area contributed by atoms with E-state index in [1.54, 1.807) is 5.57 Å². The molecule has 33 heavy (non-hydrogen) atoms. The molecule has 1 saturated heterocycles. The summed E-state index contributed by atoms with van der Waals surface area (Å²) in [6, 6.07) is 0. The molecular formula is C30H49NO2. The lowest BCUT2D eigenvalue weighted by molar-refractivity contribution is -0.133. The van der Waals surface area contributed by atoms with Crippen molar-refractivity contribution in [2.75, 3.05) is 13.1 Å². The maximum Gasteiger partial charge on any atom is 0.222 e. The molecule has 5 rings (SSSR count). The maximum absolute atomic E-state index is 12.9. The van der Waals surface area contributed by atoms with Crippen LogP contribution in [0.4, 0.5) is 0 Å². The number of fused-ring (bicyclic) bond motifs is 5. The number of piperidine rings is 1. The van der Waals surface area contributed by atoms with Crippen molar-refractivity contribution in [3.63, 3.8) is 0 Å². The first-order valence-electron chi connectivity index (χ1n) is 14.4. The van der Waals surface area contributed by atoms with Gasteiger partial charge in [0, 0.05) is 19.5 Å². The number of rotatable bonds is 4. The van der Waals surface area contributed by atoms with Gasteiger partial charge in [0.2, 0.25) is 5.91 Å². The molecule has 186 valence electrons. The van der Waals surface area contributed by atoms with Gasteiger partial charge >= 0.3 is 0 Å². The van der Waals surface area contributed by atoms with Crippen molar-refractivity contribution >= 4 is 5.91 Å². The Morgan fingerprint density at radius 1 is 1.15 bits per heavy atom. The second-order valence-corrected chi connectivity index (χ2v) is 13.5. The monoisotopic (exact) mass is 455 g/mol. The summed E-state index contributed by atoms with van der Waals surface area (Å²) in [5.74, 6) is 5.02. The highest BCUT2D eigenvalue weighted by atomic mass is 16.3. The maximum atomic E-state index is 12.9. The molecule has 0 bridgehead atoms. The average Bonchev–Trinajstić information content (AvgIpc) is 3.15. The second kappa shape index (κ2) is 8.99. The van der Waals surface area contributed by atoms with Crippen LogP contribution in [-0.4, -0.2) is 35.1 Å². The van der Waals surface area contributed by atoms with Gasteiger partial charge in [-0.3, -0.25) is 4.79 Å². The Morgan fingerprint density at radius 2 is 1.97 bits per heavy atom. The predicted molar refractivity (Wildman–Crippen MR) is 135 cm³/mol. The highest BCUT2D eigenvalue weighted by molar-refractivity contribution is 5.76. The number of carbonyl (C=O) groups excluding carboxylic acids is 1. The molecule has 1 unspecified atom stereocenters. The molecule has 0 aromatic heterocycles. The summed E-state index contributed by atoms with van der Waals surface area (Å²) in [6.45, 7) is 11.9. The highest BCUT2D eigenvalue weighted by Gasteiger charge is 2.59. The van der Waals surface area contributed by atoms with Crippen molar-refractivity contribution < 1.29 is 9.90 Å². The first kappa shape index (κ1) is 23.9. The largest absolute Gasteiger partial charge is 0.393 e. The zero-order valence-corrected chi connectivity index (χ0v) is 21.8. The van der Waals surface area contributed by atoms with Crippen molar-refractivity contribution in [2.45, 2.75) is 111 Å². The molecule has 3 saturated carbocycles. The molecule has 1 amide bonds. The number of hydrogen-bond donors (Lipinski definition) is 1. The van der Waals surface area contributed by atoms with Crippen LogP contribution in [-0.2, 0) is 4.79 Å². The van der Waals surface area contributed by atoms with Crippen LogP contribution in [0.3, 0.4) is 0 Å². The molecular weight excluding hydrogens is 406 g/mol. The summed E-state index contributed by atoms with van der Waals surface area (Å²) in [6.07, 6.45) is 16.6. The number of aliphatic hydroxyl groups excluding tert-OH is 1. The minimum absolute atomic E-state index is 0.109. The Kier molecular flexibility index (Phi) is 6.51. The quantitative estimate of drug-likeness (QED) is 0.485. The smallest absolute Gasteiger partial charge is 0.222 e. The van der Waals surface area contributed by atoms with E-state index in [2.05, 4.69) is 38.7 Å². The summed E-state index contributed by atoms with van der Waals surface area (Å²) >= 11 is 0. The Morgan fingerprint density at radius 3 is 2.76 bits per heavy atom. The van der Waals surface area contributed by atoms with Crippen LogP contribution in [0.5, 0.6) is 0 Å². The fourth-order valence-electron chi connectivity index (χ4n) is 9.74. The van der Waals surface area contributed by atoms with Crippen molar-refractivity contribution in [3.05, 3.63) is 11.6 Å². The van der Waals surface area contributed by atoms with Gasteiger partial charge in [-0.2, -0.15) is 0 Å². The lowest BCUT2D eigenvalue weighted by Gasteiger charge is -2.58. The molecule has 5 aliphatic rings. The van der Waals surface area contributed by atoms with Gasteiger partial charge in [0.05, 0.1) is 6.10 Å². The van der Waals surface area contributed by atoms with Crippen LogP contribution in [0.1, 0.15) is 105 Å². The van der Waals surface area contributed by atoms with E-state index in [0.29, 0.717) is 28.6 Å². The highest BCUT2D eigenvalue weighted by Crippen LogP contribution is 2.67. The van der Waals surface area contributed by atoms with Crippen molar-refractivity contribution in [1.82, 2.24) is 4.90 Å². The molecule has 0 aromatic rings. The lowest BCUT2D eigenvalue weighted by Crippen LogP contribution is -2.50. The van der Waals surface area contributed by atoms with Gasteiger partial charge in [0.1, 0.15) is 0 Å². The molecule has 1 N–H and O–H groups in total. The SMILES string of the molecule is CC(CCC(=O)N1CCC[C@@H](C)C1)[C@H]1CC[C@H]2[C@@H]3CC=C4C[C@@H](O)CC[C@]4(C)[C@H]3CC[C@]12C. The molecule has 1 aliphatic heterocycles. The summed E-state index contributed by atoms with van der Waals surface area (Å²) in [7, 11) is 0. The Bertz CT molecular complexity index is 775. The van der Waals surface area contributed by atoms with E-state index in [1.165, 1.54) is 51.4 Å². The summed E-state index contributed by atoms with van der Waals surface area (Å²) in [5.41, 5.74) is 2.38. The Labute approximate surface area is 202 Å². The zero-order chi connectivity index (χ0) is 23.4. The number of amides is 1. The van der Waals surface area contributed by atoms with E-state index in [1.807, 2.05) is 0 Å². The first-order chi connectivity index (χ1) is 15.7. The standard InChI is InChI=1S/C30H49NO2/c1-20-6-5-17-31(19-20)28(33)12-7-21(2)25-10-11-26-24-9-8-22-18-23(32)13-15-29(22,3)27(24)14-16-30(25,26)4/h8,20-21,23-27,32H,5-7,9-19H2,1-4H3/t20-,21?,23+,24+,25-,26+,27+,29+,30-/m1/s1. The third-order valence-corrected chi connectivity index (χ3v) is 11.7. The molecule has 3 heteroatoms. The van der Waals surface area contributed by atoms with Gasteiger partial charge < -0.3 is 10.0 Å². The topological polar surface area (TPSA) is 40.5 Å². The minimum atomic E-state index is -0.109. The van der Waals surface area contributed by atoms with E-state index in [9.17, 15) is 9.90 Å². The summed E-state index contributed by atoms with van der Waals surface area (Å²) in [5, 5.41) is 10.3. The van der Waals surface area contributed by atoms with E-state index in [-0.39, 0.29) is 6.10 Å². The molecule has 3 nitrogen and oxygen atoms in total. The van der Waals surface area contributed by atoms with E-state index < -0.39 is 0 Å². The van der Waals surface area contributed by atoms with Gasteiger partial charge in [-0.1, -0.05) is 39.3 Å². The average molecular weight is 456 g/mol. The Balaban J connectivity index is 1.24. The first-order valence-corrected chi connectivity index (χ1v) is 14.4. The molecule has 4 aliphatic carbocycles. The van der Waals surface area contributed by atoms with Crippen LogP contribution >= 0.6 is 0 Å².